The first-order chi connectivity index (χ1) is 29.0. The third kappa shape index (κ3) is 10.6. The molecule has 0 heterocycles. The number of hydrogen-bond donors (Lipinski definition) is 0. The van der Waals surface area contributed by atoms with Crippen LogP contribution >= 0.6 is 0 Å². The second-order valence-electron chi connectivity index (χ2n) is 12.9. The van der Waals surface area contributed by atoms with E-state index in [1.54, 1.807) is 0 Å². The maximum absolute atomic E-state index is 2.29. The van der Waals surface area contributed by atoms with Crippen LogP contribution in [0.5, 0.6) is 0 Å². The fraction of sp³-hybridized carbons (Fsp3) is 0.288. The van der Waals surface area contributed by atoms with Crippen molar-refractivity contribution in [1.29, 1.82) is 0 Å². The van der Waals surface area contributed by atoms with Gasteiger partial charge in [-0.3, -0.25) is 0 Å². The second-order valence-corrected chi connectivity index (χ2v) is 12.9. The van der Waals surface area contributed by atoms with Gasteiger partial charge in [-0.15, -0.1) is 0 Å². The van der Waals surface area contributed by atoms with Crippen LogP contribution in [0, 0.1) is 27.7 Å². The Bertz CT molecular complexity index is 2280. The molecule has 0 heteroatoms. The van der Waals surface area contributed by atoms with Gasteiger partial charge in [0.25, 0.3) is 0 Å². The van der Waals surface area contributed by atoms with Crippen LogP contribution in [-0.4, -0.2) is 0 Å². The van der Waals surface area contributed by atoms with Crippen LogP contribution < -0.4 is 0 Å². The van der Waals surface area contributed by atoms with Gasteiger partial charge < -0.3 is 0 Å². The highest BCUT2D eigenvalue weighted by molar-refractivity contribution is 6.09. The van der Waals surface area contributed by atoms with E-state index in [1.807, 2.05) is 83.1 Å². The number of hydrogen-bond acceptors (Lipinski definition) is 0. The number of fused-ring (bicyclic) bond motifs is 6. The van der Waals surface area contributed by atoms with Crippen molar-refractivity contribution < 1.29 is 0 Å². The lowest BCUT2D eigenvalue weighted by atomic mass is 9.85. The van der Waals surface area contributed by atoms with Crippen LogP contribution in [0.15, 0.2) is 146 Å². The van der Waals surface area contributed by atoms with E-state index >= 15 is 0 Å². The average Bonchev–Trinajstić information content (AvgIpc) is 3.34. The van der Waals surface area contributed by atoms with Crippen molar-refractivity contribution >= 4 is 64.6 Å². The maximum atomic E-state index is 2.29. The Morgan fingerprint density at radius 1 is 0.203 bits per heavy atom. The first-order valence-electron chi connectivity index (χ1n) is 22.7. The summed E-state index contributed by atoms with van der Waals surface area (Å²) < 4.78 is 0. The molecule has 0 aliphatic heterocycles. The minimum Gasteiger partial charge on any atom is -0.0683 e. The molecule has 0 nitrogen and oxygen atoms in total. The maximum Gasteiger partial charge on any atom is -0.000111 e. The topological polar surface area (TPSA) is 0 Å². The monoisotopic (exact) mass is 783 g/mol. The van der Waals surface area contributed by atoms with Gasteiger partial charge in [0.15, 0.2) is 0 Å². The van der Waals surface area contributed by atoms with E-state index < -0.39 is 0 Å². The molecule has 0 aliphatic carbocycles. The molecule has 9 rings (SSSR count). The van der Waals surface area contributed by atoms with Crippen molar-refractivity contribution in [2.24, 2.45) is 0 Å². The van der Waals surface area contributed by atoms with Gasteiger partial charge in [-0.25, -0.2) is 0 Å². The smallest absolute Gasteiger partial charge is 0.000111 e. The SMILES string of the molecule is CC.CC.CC.CC.CC.CC.Cc1c2ccccc2c(C)c2ccccc12.Cc1c2ccccc2c(Cc2c3ccccc3c(C)c3ccccc23)c2ccccc12. The van der Waals surface area contributed by atoms with Gasteiger partial charge in [0, 0.05) is 0 Å². The molecule has 0 saturated heterocycles. The van der Waals surface area contributed by atoms with Gasteiger partial charge in [0.1, 0.15) is 0 Å². The fourth-order valence-electron chi connectivity index (χ4n) is 8.00. The fourth-order valence-corrected chi connectivity index (χ4v) is 8.00. The van der Waals surface area contributed by atoms with Gasteiger partial charge in [0.05, 0.1) is 0 Å². The zero-order chi connectivity index (χ0) is 44.1. The largest absolute Gasteiger partial charge is 0.0683 e. The Kier molecular flexibility index (Phi) is 21.7. The van der Waals surface area contributed by atoms with Crippen molar-refractivity contribution in [2.45, 2.75) is 117 Å². The van der Waals surface area contributed by atoms with Crippen LogP contribution in [0.2, 0.25) is 0 Å². The van der Waals surface area contributed by atoms with E-state index in [2.05, 4.69) is 173 Å². The van der Waals surface area contributed by atoms with Gasteiger partial charge in [-0.05, 0) is 132 Å². The lowest BCUT2D eigenvalue weighted by Gasteiger charge is -2.18. The third-order valence-electron chi connectivity index (χ3n) is 10.4. The molecule has 0 atom stereocenters. The molecule has 0 fully saturated rings. The summed E-state index contributed by atoms with van der Waals surface area (Å²) in [6.45, 7) is 32.9. The van der Waals surface area contributed by atoms with E-state index in [9.17, 15) is 0 Å². The van der Waals surface area contributed by atoms with E-state index in [4.69, 9.17) is 0 Å². The van der Waals surface area contributed by atoms with E-state index in [0.29, 0.717) is 0 Å². The Morgan fingerprint density at radius 2 is 0.322 bits per heavy atom. The lowest BCUT2D eigenvalue weighted by molar-refractivity contribution is 1.27. The normalized spacial score (nSPS) is 9.76. The molecule has 0 N–H and O–H groups in total. The van der Waals surface area contributed by atoms with Crippen LogP contribution in [0.1, 0.15) is 116 Å². The minimum absolute atomic E-state index is 0.919. The van der Waals surface area contributed by atoms with Crippen LogP contribution in [0.25, 0.3) is 64.6 Å². The molecular weight excluding hydrogens is 709 g/mol. The minimum atomic E-state index is 0.919. The molecule has 0 amide bonds. The average molecular weight is 783 g/mol. The highest BCUT2D eigenvalue weighted by Gasteiger charge is 2.16. The van der Waals surface area contributed by atoms with Crippen molar-refractivity contribution in [3.05, 3.63) is 179 Å². The Morgan fingerprint density at radius 3 is 0.475 bits per heavy atom. The zero-order valence-electron chi connectivity index (χ0n) is 39.6. The summed E-state index contributed by atoms with van der Waals surface area (Å²) in [4.78, 5) is 0. The van der Waals surface area contributed by atoms with Crippen LogP contribution in [-0.2, 0) is 6.42 Å². The lowest BCUT2D eigenvalue weighted by Crippen LogP contribution is -1.98. The summed E-state index contributed by atoms with van der Waals surface area (Å²) in [6.07, 6.45) is 0.919. The first kappa shape index (κ1) is 49.7. The van der Waals surface area contributed by atoms with Gasteiger partial charge in [0.2, 0.25) is 0 Å². The van der Waals surface area contributed by atoms with Crippen molar-refractivity contribution in [3.8, 4) is 0 Å². The molecule has 9 aromatic carbocycles. The number of benzene rings is 9. The summed E-state index contributed by atoms with van der Waals surface area (Å²) in [5, 5.41) is 16.4. The highest BCUT2D eigenvalue weighted by atomic mass is 14.2. The summed E-state index contributed by atoms with van der Waals surface area (Å²) in [7, 11) is 0. The molecule has 0 aliphatic rings. The van der Waals surface area contributed by atoms with Crippen molar-refractivity contribution in [1.82, 2.24) is 0 Å². The molecule has 0 spiro atoms. The molecule has 9 aromatic rings. The Balaban J connectivity index is 0.000000362. The third-order valence-corrected chi connectivity index (χ3v) is 10.4. The zero-order valence-corrected chi connectivity index (χ0v) is 39.6. The summed E-state index contributed by atoms with van der Waals surface area (Å²) >= 11 is 0. The van der Waals surface area contributed by atoms with E-state index in [-0.39, 0.29) is 0 Å². The van der Waals surface area contributed by atoms with E-state index in [0.717, 1.165) is 6.42 Å². The molecular formula is C59H74. The van der Waals surface area contributed by atoms with E-state index in [1.165, 1.54) is 98.0 Å². The Hall–Kier alpha value is -5.46. The molecule has 59 heavy (non-hydrogen) atoms. The Labute approximate surface area is 359 Å². The molecule has 0 bridgehead atoms. The number of aryl methyl sites for hydroxylation is 4. The first-order valence-corrected chi connectivity index (χ1v) is 22.7. The second kappa shape index (κ2) is 25.8. The molecule has 0 aromatic heterocycles. The van der Waals surface area contributed by atoms with Gasteiger partial charge in [-0.2, -0.15) is 0 Å². The molecule has 310 valence electrons. The van der Waals surface area contributed by atoms with Crippen LogP contribution in [0.3, 0.4) is 0 Å². The predicted molar refractivity (Wildman–Crippen MR) is 274 cm³/mol. The highest BCUT2D eigenvalue weighted by Crippen LogP contribution is 2.38. The van der Waals surface area contributed by atoms with Crippen molar-refractivity contribution in [3.63, 3.8) is 0 Å². The molecule has 0 radical (unpaired) electrons. The summed E-state index contributed by atoms with van der Waals surface area (Å²) in [5.74, 6) is 0. The number of rotatable bonds is 2. The standard InChI is InChI=1S/C31H24.C16H14.6C2H6/c1-20-22-11-3-7-15-26(22)30(27-16-8-4-12-23(20)27)19-31-28-17-9-5-13-24(28)21(2)25-14-6-10-18-29(25)31;1-11-13-7-3-5-9-15(13)12(2)16-10-6-4-8-14(11)16;6*1-2/h3-18H,19H2,1-2H3;3-10H,1-2H3;6*1-2H3. The molecule has 0 saturated carbocycles. The quantitative estimate of drug-likeness (QED) is 0.153. The van der Waals surface area contributed by atoms with Crippen molar-refractivity contribution in [2.75, 3.05) is 0 Å². The summed E-state index contributed by atoms with van der Waals surface area (Å²) in [5.41, 5.74) is 8.36. The predicted octanol–water partition coefficient (Wildman–Crippen LogP) is 19.3. The molecule has 0 unspecified atom stereocenters. The van der Waals surface area contributed by atoms with Crippen LogP contribution in [0.4, 0.5) is 0 Å². The summed E-state index contributed by atoms with van der Waals surface area (Å²) in [6, 6.07) is 52.9. The van der Waals surface area contributed by atoms with Gasteiger partial charge >= 0.3 is 0 Å². The van der Waals surface area contributed by atoms with Gasteiger partial charge in [-0.1, -0.05) is 229 Å².